The van der Waals surface area contributed by atoms with Crippen LogP contribution in [0, 0.1) is 0 Å². The number of aliphatic hydroxyl groups excluding tert-OH is 3. The molecule has 0 amide bonds. The Kier molecular flexibility index (Phi) is 4.83. The lowest BCUT2D eigenvalue weighted by Gasteiger charge is -2.16. The zero-order valence-electron chi connectivity index (χ0n) is 14.5. The molecule has 146 valence electrons. The normalized spacial score (nSPS) is 25.0. The van der Waals surface area contributed by atoms with Gasteiger partial charge in [0.2, 0.25) is 5.95 Å². The monoisotopic (exact) mass is 386 g/mol. The molecule has 1 saturated heterocycles. The standard InChI is InChI=1S/C16H18N8O4/c17-13-10-14(22-16(21-13)23-20-5-8-2-1-3-18-4-8)24(7-19-10)15-12(27)11(26)9(6-25)28-15/h1-5,7,9,11-12,15,25-27H,6H2,(H3,17,21,22,23)/t9-,11?,12?,15-/m1/s1. The second-order valence-electron chi connectivity index (χ2n) is 6.14. The van der Waals surface area contributed by atoms with Crippen LogP contribution in [0.25, 0.3) is 11.2 Å². The smallest absolute Gasteiger partial charge is 0.247 e. The van der Waals surface area contributed by atoms with Crippen LogP contribution in [0.4, 0.5) is 11.8 Å². The molecule has 1 fully saturated rings. The molecule has 3 aromatic rings. The maximum absolute atomic E-state index is 10.2. The zero-order chi connectivity index (χ0) is 19.7. The molecule has 0 aliphatic carbocycles. The summed E-state index contributed by atoms with van der Waals surface area (Å²) in [6.45, 7) is -0.436. The van der Waals surface area contributed by atoms with Crippen molar-refractivity contribution >= 4 is 29.1 Å². The van der Waals surface area contributed by atoms with E-state index >= 15 is 0 Å². The first-order valence-electron chi connectivity index (χ1n) is 8.40. The molecule has 2 unspecified atom stereocenters. The number of nitrogen functional groups attached to an aromatic ring is 1. The number of fused-ring (bicyclic) bond motifs is 1. The third-order valence-corrected chi connectivity index (χ3v) is 4.30. The van der Waals surface area contributed by atoms with Gasteiger partial charge in [0.1, 0.15) is 23.8 Å². The van der Waals surface area contributed by atoms with Crippen molar-refractivity contribution in [1.82, 2.24) is 24.5 Å². The molecule has 1 aliphatic heterocycles. The van der Waals surface area contributed by atoms with Crippen molar-refractivity contribution in [3.05, 3.63) is 36.4 Å². The summed E-state index contributed by atoms with van der Waals surface area (Å²) in [6.07, 6.45) is 1.79. The lowest BCUT2D eigenvalue weighted by Crippen LogP contribution is -2.33. The van der Waals surface area contributed by atoms with Crippen molar-refractivity contribution in [2.75, 3.05) is 17.8 Å². The highest BCUT2D eigenvalue weighted by Crippen LogP contribution is 2.32. The fraction of sp³-hybridized carbons (Fsp3) is 0.312. The van der Waals surface area contributed by atoms with Crippen LogP contribution in [-0.4, -0.2) is 71.0 Å². The zero-order valence-corrected chi connectivity index (χ0v) is 14.5. The number of rotatable bonds is 5. The molecule has 4 heterocycles. The van der Waals surface area contributed by atoms with Crippen molar-refractivity contribution in [2.45, 2.75) is 24.5 Å². The van der Waals surface area contributed by atoms with Gasteiger partial charge in [0.15, 0.2) is 17.7 Å². The van der Waals surface area contributed by atoms with Crippen LogP contribution >= 0.6 is 0 Å². The van der Waals surface area contributed by atoms with Crippen LogP contribution < -0.4 is 11.2 Å². The number of nitrogens with two attached hydrogens (primary N) is 1. The molecule has 12 heteroatoms. The Morgan fingerprint density at radius 2 is 2.18 bits per heavy atom. The van der Waals surface area contributed by atoms with Gasteiger partial charge < -0.3 is 25.8 Å². The maximum Gasteiger partial charge on any atom is 0.247 e. The topological polar surface area (TPSA) is 177 Å². The van der Waals surface area contributed by atoms with E-state index in [0.29, 0.717) is 5.52 Å². The van der Waals surface area contributed by atoms with Crippen molar-refractivity contribution in [3.63, 3.8) is 0 Å². The Morgan fingerprint density at radius 3 is 2.89 bits per heavy atom. The van der Waals surface area contributed by atoms with Gasteiger partial charge in [0.25, 0.3) is 0 Å². The average Bonchev–Trinajstić information content (AvgIpc) is 3.24. The molecule has 0 aromatic carbocycles. The van der Waals surface area contributed by atoms with Gasteiger partial charge in [-0.25, -0.2) is 10.4 Å². The average molecular weight is 386 g/mol. The summed E-state index contributed by atoms with van der Waals surface area (Å²) in [6, 6.07) is 3.61. The van der Waals surface area contributed by atoms with Crippen LogP contribution in [0.1, 0.15) is 11.8 Å². The van der Waals surface area contributed by atoms with Gasteiger partial charge in [0, 0.05) is 18.0 Å². The lowest BCUT2D eigenvalue weighted by molar-refractivity contribution is -0.0511. The highest BCUT2D eigenvalue weighted by molar-refractivity contribution is 5.83. The molecule has 6 N–H and O–H groups in total. The van der Waals surface area contributed by atoms with Crippen molar-refractivity contribution in [3.8, 4) is 0 Å². The van der Waals surface area contributed by atoms with E-state index in [9.17, 15) is 15.3 Å². The van der Waals surface area contributed by atoms with Gasteiger partial charge in [0.05, 0.1) is 19.1 Å². The van der Waals surface area contributed by atoms with Crippen LogP contribution in [0.2, 0.25) is 0 Å². The summed E-state index contributed by atoms with van der Waals surface area (Å²) >= 11 is 0. The van der Waals surface area contributed by atoms with E-state index in [4.69, 9.17) is 10.5 Å². The Bertz CT molecular complexity index is 995. The van der Waals surface area contributed by atoms with Gasteiger partial charge in [-0.3, -0.25) is 9.55 Å². The molecule has 12 nitrogen and oxygen atoms in total. The van der Waals surface area contributed by atoms with E-state index in [1.165, 1.54) is 10.9 Å². The summed E-state index contributed by atoms with van der Waals surface area (Å²) in [7, 11) is 0. The number of hydrogen-bond acceptors (Lipinski definition) is 11. The molecule has 0 radical (unpaired) electrons. The third-order valence-electron chi connectivity index (χ3n) is 4.30. The fourth-order valence-electron chi connectivity index (χ4n) is 2.90. The fourth-order valence-corrected chi connectivity index (χ4v) is 2.90. The van der Waals surface area contributed by atoms with E-state index in [1.807, 2.05) is 6.07 Å². The first kappa shape index (κ1) is 18.2. The van der Waals surface area contributed by atoms with Crippen molar-refractivity contribution in [2.24, 2.45) is 5.10 Å². The first-order chi connectivity index (χ1) is 13.6. The molecule has 4 rings (SSSR count). The first-order valence-corrected chi connectivity index (χ1v) is 8.40. The highest BCUT2D eigenvalue weighted by Gasteiger charge is 2.44. The quantitative estimate of drug-likeness (QED) is 0.266. The van der Waals surface area contributed by atoms with Crippen LogP contribution in [0.5, 0.6) is 0 Å². The predicted molar refractivity (Wildman–Crippen MR) is 98.2 cm³/mol. The molecule has 1 aliphatic rings. The van der Waals surface area contributed by atoms with E-state index in [-0.39, 0.29) is 17.4 Å². The molecule has 0 saturated carbocycles. The van der Waals surface area contributed by atoms with Crippen molar-refractivity contribution in [1.29, 1.82) is 0 Å². The molecule has 28 heavy (non-hydrogen) atoms. The largest absolute Gasteiger partial charge is 0.394 e. The van der Waals surface area contributed by atoms with Crippen molar-refractivity contribution < 1.29 is 20.1 Å². The number of nitrogens with one attached hydrogen (secondary N) is 1. The Balaban J connectivity index is 1.63. The number of hydrogen-bond donors (Lipinski definition) is 5. The number of imidazole rings is 1. The number of aliphatic hydroxyl groups is 3. The number of anilines is 2. The Labute approximate surface area is 158 Å². The van der Waals surface area contributed by atoms with Crippen LogP contribution in [0.3, 0.4) is 0 Å². The second kappa shape index (κ2) is 7.44. The third kappa shape index (κ3) is 3.25. The summed E-state index contributed by atoms with van der Waals surface area (Å²) < 4.78 is 6.94. The molecule has 4 atom stereocenters. The molecule has 0 spiro atoms. The predicted octanol–water partition coefficient (Wildman–Crippen LogP) is -1.14. The minimum atomic E-state index is -1.27. The number of ether oxygens (including phenoxy) is 1. The van der Waals surface area contributed by atoms with E-state index < -0.39 is 31.1 Å². The minimum absolute atomic E-state index is 0.106. The lowest BCUT2D eigenvalue weighted by atomic mass is 10.1. The SMILES string of the molecule is Nc1nc(NN=Cc2cccnc2)nc2c1ncn2[C@@H]1O[C@H](CO)C(O)C1O. The number of hydrazone groups is 1. The van der Waals surface area contributed by atoms with Gasteiger partial charge >= 0.3 is 0 Å². The summed E-state index contributed by atoms with van der Waals surface area (Å²) in [5.41, 5.74) is 9.99. The van der Waals surface area contributed by atoms with Gasteiger partial charge in [-0.05, 0) is 6.07 Å². The molecule has 0 bridgehead atoms. The molecule has 3 aromatic heterocycles. The van der Waals surface area contributed by atoms with E-state index in [2.05, 4.69) is 30.5 Å². The number of aromatic nitrogens is 5. The van der Waals surface area contributed by atoms with Gasteiger partial charge in [-0.1, -0.05) is 6.07 Å². The van der Waals surface area contributed by atoms with Crippen LogP contribution in [-0.2, 0) is 4.74 Å². The molecular weight excluding hydrogens is 368 g/mol. The highest BCUT2D eigenvalue weighted by atomic mass is 16.6. The minimum Gasteiger partial charge on any atom is -0.394 e. The second-order valence-corrected chi connectivity index (χ2v) is 6.14. The van der Waals surface area contributed by atoms with E-state index in [1.54, 1.807) is 24.7 Å². The molecular formula is C16H18N8O4. The summed E-state index contributed by atoms with van der Waals surface area (Å²) in [4.78, 5) is 16.5. The van der Waals surface area contributed by atoms with Gasteiger partial charge in [-0.15, -0.1) is 0 Å². The Hall–Kier alpha value is -3.19. The number of nitrogens with zero attached hydrogens (tertiary/aromatic N) is 6. The van der Waals surface area contributed by atoms with Gasteiger partial charge in [-0.2, -0.15) is 15.1 Å². The maximum atomic E-state index is 10.2. The number of pyridine rings is 1. The van der Waals surface area contributed by atoms with Crippen LogP contribution in [0.15, 0.2) is 36.0 Å². The summed E-state index contributed by atoms with van der Waals surface area (Å²) in [5, 5.41) is 33.5. The Morgan fingerprint density at radius 1 is 1.32 bits per heavy atom. The summed E-state index contributed by atoms with van der Waals surface area (Å²) in [5.74, 6) is 0.216. The van der Waals surface area contributed by atoms with E-state index in [0.717, 1.165) is 5.56 Å².